The zero-order valence-corrected chi connectivity index (χ0v) is 19.7. The largest absolute Gasteiger partial charge is 0.376 e. The smallest absolute Gasteiger partial charge is 0.212 e. The van der Waals surface area contributed by atoms with Crippen LogP contribution in [0, 0.1) is 17.8 Å². The van der Waals surface area contributed by atoms with Crippen LogP contribution >= 0.6 is 0 Å². The van der Waals surface area contributed by atoms with Gasteiger partial charge in [0.1, 0.15) is 0 Å². The quantitative estimate of drug-likeness (QED) is 0.329. The number of amides is 1. The molecule has 4 aliphatic carbocycles. The predicted molar refractivity (Wildman–Crippen MR) is 134 cm³/mol. The number of rotatable bonds is 7. The number of aromatic nitrogens is 2. The summed E-state index contributed by atoms with van der Waals surface area (Å²) in [4.78, 5) is 11.3. The number of benzene rings is 2. The minimum Gasteiger partial charge on any atom is -0.376 e. The van der Waals surface area contributed by atoms with Gasteiger partial charge in [0.2, 0.25) is 6.41 Å². The summed E-state index contributed by atoms with van der Waals surface area (Å²) in [6.45, 7) is 0. The van der Waals surface area contributed by atoms with E-state index in [1.807, 2.05) is 30.3 Å². The molecule has 176 valence electrons. The second-order valence-electron chi connectivity index (χ2n) is 10.4. The van der Waals surface area contributed by atoms with Crippen LogP contribution in [0.2, 0.25) is 0 Å². The van der Waals surface area contributed by atoms with Crippen molar-refractivity contribution >= 4 is 39.9 Å². The van der Waals surface area contributed by atoms with E-state index in [2.05, 4.69) is 33.0 Å². The number of carbonyl (C=O) groups excluding carboxylic acids is 1. The van der Waals surface area contributed by atoms with Gasteiger partial charge >= 0.3 is 0 Å². The summed E-state index contributed by atoms with van der Waals surface area (Å²) in [5.74, 6) is 3.02. The van der Waals surface area contributed by atoms with Gasteiger partial charge < -0.3 is 15.2 Å². The second-order valence-corrected chi connectivity index (χ2v) is 11.3. The molecular weight excluding hydrogens is 448 g/mol. The Hall–Kier alpha value is -2.84. The first kappa shape index (κ1) is 21.7. The molecule has 3 N–H and O–H groups in total. The Labute approximate surface area is 201 Å². The Bertz CT molecular complexity index is 1240. The lowest BCUT2D eigenvalue weighted by Gasteiger charge is -2.57. The van der Waals surface area contributed by atoms with Crippen LogP contribution in [0.5, 0.6) is 0 Å². The predicted octanol–water partition coefficient (Wildman–Crippen LogP) is 4.97. The molecule has 0 radical (unpaired) electrons. The van der Waals surface area contributed by atoms with Crippen LogP contribution in [-0.2, 0) is 21.6 Å². The summed E-state index contributed by atoms with van der Waals surface area (Å²) < 4.78 is 20.2. The van der Waals surface area contributed by atoms with Crippen molar-refractivity contribution in [2.75, 3.05) is 10.6 Å². The summed E-state index contributed by atoms with van der Waals surface area (Å²) >= 11 is -1.85. The van der Waals surface area contributed by atoms with Crippen molar-refractivity contribution in [3.63, 3.8) is 0 Å². The number of hydrogen-bond acceptors (Lipinski definition) is 5. The summed E-state index contributed by atoms with van der Waals surface area (Å²) in [7, 11) is 0. The molecule has 4 aliphatic rings. The van der Waals surface area contributed by atoms with Crippen LogP contribution < -0.4 is 10.6 Å². The molecule has 7 rings (SSSR count). The summed E-state index contributed by atoms with van der Waals surface area (Å²) in [6, 6.07) is 13.8. The van der Waals surface area contributed by atoms with Gasteiger partial charge in [0.05, 0.1) is 17.0 Å². The molecule has 4 fully saturated rings. The van der Waals surface area contributed by atoms with Gasteiger partial charge in [-0.15, -0.1) is 10.2 Å². The van der Waals surface area contributed by atoms with E-state index in [0.29, 0.717) is 12.2 Å². The number of anilines is 2. The van der Waals surface area contributed by atoms with E-state index < -0.39 is 11.1 Å². The monoisotopic (exact) mass is 476 g/mol. The minimum absolute atomic E-state index is 0.0747. The Balaban J connectivity index is 1.36. The highest BCUT2D eigenvalue weighted by atomic mass is 32.2. The maximum Gasteiger partial charge on any atom is 0.212 e. The van der Waals surface area contributed by atoms with Gasteiger partial charge in [-0.2, -0.15) is 0 Å². The van der Waals surface area contributed by atoms with Crippen molar-refractivity contribution in [3.05, 3.63) is 48.0 Å². The third kappa shape index (κ3) is 3.99. The summed E-state index contributed by atoms with van der Waals surface area (Å²) in [5, 5.41) is 16.4. The molecule has 1 aromatic heterocycles. The molecular formula is C26H28N4O3S. The van der Waals surface area contributed by atoms with Crippen molar-refractivity contribution in [2.24, 2.45) is 17.8 Å². The second kappa shape index (κ2) is 8.43. The molecule has 1 heterocycles. The lowest BCUT2D eigenvalue weighted by molar-refractivity contribution is -0.105. The van der Waals surface area contributed by atoms with Gasteiger partial charge in [0.15, 0.2) is 16.9 Å². The van der Waals surface area contributed by atoms with Crippen molar-refractivity contribution in [3.8, 4) is 11.1 Å². The first-order valence-corrected chi connectivity index (χ1v) is 13.2. The van der Waals surface area contributed by atoms with Crippen molar-refractivity contribution in [1.82, 2.24) is 10.2 Å². The van der Waals surface area contributed by atoms with Crippen LogP contribution in [0.1, 0.15) is 44.1 Å². The fourth-order valence-corrected chi connectivity index (χ4v) is 7.51. The van der Waals surface area contributed by atoms with Crippen molar-refractivity contribution in [1.29, 1.82) is 0 Å². The average Bonchev–Trinajstić information content (AvgIpc) is 2.79. The average molecular weight is 477 g/mol. The van der Waals surface area contributed by atoms with E-state index in [9.17, 15) is 9.00 Å². The molecule has 4 bridgehead atoms. The molecule has 4 saturated carbocycles. The number of hydrogen-bond donors (Lipinski definition) is 3. The molecule has 2 aromatic carbocycles. The molecule has 1 atom stereocenters. The van der Waals surface area contributed by atoms with E-state index in [4.69, 9.17) is 4.55 Å². The van der Waals surface area contributed by atoms with Crippen LogP contribution in [-0.4, -0.2) is 30.9 Å². The van der Waals surface area contributed by atoms with E-state index in [0.717, 1.165) is 51.0 Å². The molecule has 0 aliphatic heterocycles. The molecule has 1 amide bonds. The lowest BCUT2D eigenvalue weighted by atomic mass is 9.53. The highest BCUT2D eigenvalue weighted by molar-refractivity contribution is 7.78. The maximum absolute atomic E-state index is 11.3. The molecule has 34 heavy (non-hydrogen) atoms. The third-order valence-electron chi connectivity index (χ3n) is 7.96. The highest BCUT2D eigenvalue weighted by Crippen LogP contribution is 2.57. The molecule has 8 heteroatoms. The Kier molecular flexibility index (Phi) is 5.37. The SMILES string of the molecule is O=CNc1nnc2cc(-c3ccc(CS(=O)O)cc3)ccc2c1NC12CC3CC(CC(C3)C1)C2. The van der Waals surface area contributed by atoms with Gasteiger partial charge in [-0.1, -0.05) is 30.3 Å². The van der Waals surface area contributed by atoms with Crippen molar-refractivity contribution in [2.45, 2.75) is 49.8 Å². The van der Waals surface area contributed by atoms with Gasteiger partial charge in [-0.3, -0.25) is 4.79 Å². The third-order valence-corrected chi connectivity index (χ3v) is 8.54. The van der Waals surface area contributed by atoms with Gasteiger partial charge in [-0.05, 0) is 85.1 Å². The van der Waals surface area contributed by atoms with E-state index in [-0.39, 0.29) is 11.3 Å². The van der Waals surface area contributed by atoms with Gasteiger partial charge in [-0.25, -0.2) is 4.21 Å². The Morgan fingerprint density at radius 1 is 0.971 bits per heavy atom. The van der Waals surface area contributed by atoms with Gasteiger partial charge in [0, 0.05) is 10.9 Å². The number of nitrogens with one attached hydrogen (secondary N) is 2. The molecule has 0 saturated heterocycles. The van der Waals surface area contributed by atoms with Crippen LogP contribution in [0.15, 0.2) is 42.5 Å². The lowest BCUT2D eigenvalue weighted by Crippen LogP contribution is -2.54. The van der Waals surface area contributed by atoms with Gasteiger partial charge in [0.25, 0.3) is 0 Å². The zero-order valence-electron chi connectivity index (χ0n) is 18.9. The minimum atomic E-state index is -1.85. The Morgan fingerprint density at radius 2 is 1.62 bits per heavy atom. The number of carbonyl (C=O) groups is 1. The normalized spacial score (nSPS) is 28.1. The van der Waals surface area contributed by atoms with Crippen molar-refractivity contribution < 1.29 is 13.6 Å². The number of nitrogens with zero attached hydrogens (tertiary/aromatic N) is 2. The molecule has 0 spiro atoms. The maximum atomic E-state index is 11.3. The first-order valence-electron chi connectivity index (χ1n) is 12.0. The van der Waals surface area contributed by atoms with Crippen LogP contribution in [0.25, 0.3) is 22.0 Å². The molecule has 1 unspecified atom stereocenters. The molecule has 3 aromatic rings. The van der Waals surface area contributed by atoms with E-state index >= 15 is 0 Å². The summed E-state index contributed by atoms with van der Waals surface area (Å²) in [5.41, 5.74) is 4.52. The molecule has 7 nitrogen and oxygen atoms in total. The first-order chi connectivity index (χ1) is 16.5. The Morgan fingerprint density at radius 3 is 2.24 bits per heavy atom. The fraction of sp³-hybridized carbons (Fsp3) is 0.423. The highest BCUT2D eigenvalue weighted by Gasteiger charge is 2.51. The topological polar surface area (TPSA) is 104 Å². The fourth-order valence-electron chi connectivity index (χ4n) is 7.04. The summed E-state index contributed by atoms with van der Waals surface area (Å²) in [6.07, 6.45) is 8.32. The van der Waals surface area contributed by atoms with E-state index in [1.165, 1.54) is 38.5 Å². The van der Waals surface area contributed by atoms with E-state index in [1.54, 1.807) is 0 Å². The van der Waals surface area contributed by atoms with Crippen LogP contribution in [0.3, 0.4) is 0 Å². The standard InChI is InChI=1S/C26H28N4O3S/c31-15-27-25-24(28-26-11-17-7-18(12-26)9-19(8-17)13-26)22-6-5-21(10-23(22)29-30-25)20-3-1-16(2-4-20)14-34(32)33/h1-6,10,15,17-19H,7-9,11-14H2,(H,28,29)(H,32,33)(H,27,30,31). The zero-order chi connectivity index (χ0) is 23.3. The van der Waals surface area contributed by atoms with Crippen LogP contribution in [0.4, 0.5) is 11.5 Å². The number of fused-ring (bicyclic) bond motifs is 1.